The number of nitrogens with one attached hydrogen (secondary N) is 1. The molecule has 128 valence electrons. The van der Waals surface area contributed by atoms with Gasteiger partial charge in [-0.1, -0.05) is 38.0 Å². The topological polar surface area (TPSA) is 67.8 Å². The third-order valence-corrected chi connectivity index (χ3v) is 4.14. The number of carbonyl (C=O) groups excluding carboxylic acids is 1. The minimum atomic E-state index is -0.111. The number of aliphatic hydroxyl groups is 1. The van der Waals surface area contributed by atoms with Crippen LogP contribution >= 0.6 is 0 Å². The number of carbonyl (C=O) groups is 1. The first kappa shape index (κ1) is 17.8. The Kier molecular flexibility index (Phi) is 7.36. The summed E-state index contributed by atoms with van der Waals surface area (Å²) in [5.41, 5.74) is 0.889. The smallest absolute Gasteiger partial charge is 0.246 e. The Morgan fingerprint density at radius 2 is 2.17 bits per heavy atom. The number of benzene rings is 1. The molecule has 0 aromatic heterocycles. The summed E-state index contributed by atoms with van der Waals surface area (Å²) in [5, 5.41) is 11.7. The number of aliphatic hydroxyl groups excluding tert-OH is 1. The number of para-hydroxylation sites is 1. The lowest BCUT2D eigenvalue weighted by molar-refractivity contribution is -0.128. The molecule has 0 bridgehead atoms. The maximum atomic E-state index is 11.9. The van der Waals surface area contributed by atoms with Crippen LogP contribution in [0.5, 0.6) is 5.75 Å². The van der Waals surface area contributed by atoms with Gasteiger partial charge >= 0.3 is 0 Å². The van der Waals surface area contributed by atoms with Gasteiger partial charge < -0.3 is 19.9 Å². The fourth-order valence-corrected chi connectivity index (χ4v) is 2.91. The summed E-state index contributed by atoms with van der Waals surface area (Å²) in [6, 6.07) is 7.49. The highest BCUT2D eigenvalue weighted by atomic mass is 16.5. The lowest BCUT2D eigenvalue weighted by Crippen LogP contribution is -2.31. The Morgan fingerprint density at radius 3 is 2.96 bits per heavy atom. The van der Waals surface area contributed by atoms with Crippen LogP contribution in [-0.4, -0.2) is 36.9 Å². The van der Waals surface area contributed by atoms with Gasteiger partial charge in [0.2, 0.25) is 5.91 Å². The van der Waals surface area contributed by atoms with Crippen molar-refractivity contribution in [3.05, 3.63) is 29.8 Å². The van der Waals surface area contributed by atoms with E-state index in [1.165, 1.54) is 12.8 Å². The van der Waals surface area contributed by atoms with Crippen molar-refractivity contribution in [3.8, 4) is 5.75 Å². The molecule has 5 nitrogen and oxygen atoms in total. The van der Waals surface area contributed by atoms with Gasteiger partial charge in [0, 0.05) is 12.1 Å². The molecule has 0 heterocycles. The highest BCUT2D eigenvalue weighted by molar-refractivity contribution is 5.77. The Bertz CT molecular complexity index is 492. The van der Waals surface area contributed by atoms with E-state index in [0.29, 0.717) is 18.2 Å². The van der Waals surface area contributed by atoms with Gasteiger partial charge in [-0.15, -0.1) is 0 Å². The highest BCUT2D eigenvalue weighted by Gasteiger charge is 2.20. The molecule has 1 amide bonds. The monoisotopic (exact) mass is 321 g/mol. The average Bonchev–Trinajstić information content (AvgIpc) is 2.57. The molecule has 0 aliphatic heterocycles. The van der Waals surface area contributed by atoms with Crippen molar-refractivity contribution in [3.63, 3.8) is 0 Å². The fourth-order valence-electron chi connectivity index (χ4n) is 2.91. The van der Waals surface area contributed by atoms with Crippen molar-refractivity contribution in [1.82, 2.24) is 5.32 Å². The molecular formula is C18H27NO4. The molecule has 23 heavy (non-hydrogen) atoms. The molecule has 2 atom stereocenters. The summed E-state index contributed by atoms with van der Waals surface area (Å²) in [6.07, 6.45) is 4.75. The van der Waals surface area contributed by atoms with Crippen molar-refractivity contribution >= 4 is 5.91 Å². The largest absolute Gasteiger partial charge is 0.491 e. The van der Waals surface area contributed by atoms with E-state index < -0.39 is 0 Å². The van der Waals surface area contributed by atoms with Crippen molar-refractivity contribution in [2.24, 2.45) is 5.92 Å². The zero-order valence-corrected chi connectivity index (χ0v) is 13.8. The second kappa shape index (κ2) is 9.53. The molecular weight excluding hydrogens is 294 g/mol. The second-order valence-electron chi connectivity index (χ2n) is 6.16. The lowest BCUT2D eigenvalue weighted by Gasteiger charge is -2.26. The van der Waals surface area contributed by atoms with Crippen LogP contribution in [0.1, 0.15) is 38.2 Å². The predicted molar refractivity (Wildman–Crippen MR) is 88.2 cm³/mol. The summed E-state index contributed by atoms with van der Waals surface area (Å²) >= 11 is 0. The van der Waals surface area contributed by atoms with E-state index in [2.05, 4.69) is 12.2 Å². The molecule has 1 aromatic carbocycles. The van der Waals surface area contributed by atoms with E-state index >= 15 is 0 Å². The molecule has 1 aliphatic rings. The van der Waals surface area contributed by atoms with Crippen LogP contribution in [0.4, 0.5) is 0 Å². The Labute approximate surface area is 138 Å². The zero-order valence-electron chi connectivity index (χ0n) is 13.8. The van der Waals surface area contributed by atoms with Crippen LogP contribution in [0.15, 0.2) is 24.3 Å². The summed E-state index contributed by atoms with van der Waals surface area (Å²) in [5.74, 6) is 1.26. The second-order valence-corrected chi connectivity index (χ2v) is 6.16. The van der Waals surface area contributed by atoms with Gasteiger partial charge in [-0.25, -0.2) is 0 Å². The normalized spacial score (nSPS) is 21.0. The number of hydrogen-bond donors (Lipinski definition) is 2. The van der Waals surface area contributed by atoms with E-state index in [1.807, 2.05) is 24.3 Å². The van der Waals surface area contributed by atoms with Gasteiger partial charge in [0.25, 0.3) is 0 Å². The third kappa shape index (κ3) is 6.20. The van der Waals surface area contributed by atoms with Crippen LogP contribution in [0.25, 0.3) is 0 Å². The van der Waals surface area contributed by atoms with Gasteiger partial charge in [0.1, 0.15) is 19.0 Å². The summed E-state index contributed by atoms with van der Waals surface area (Å²) in [4.78, 5) is 11.9. The SMILES string of the molecule is C[C@H]1CCC[C@H](OCC(=O)NCc2ccccc2OCCO)C1. The standard InChI is InChI=1S/C18H27NO4/c1-14-5-4-7-16(11-14)23-13-18(21)19-12-15-6-2-3-8-17(15)22-10-9-20/h2-3,6,8,14,16,20H,4-5,7,9-13H2,1H3,(H,19,21)/t14-,16-/m0/s1. The van der Waals surface area contributed by atoms with Crippen LogP contribution in [0, 0.1) is 5.92 Å². The number of rotatable bonds is 8. The van der Waals surface area contributed by atoms with Gasteiger partial charge in [-0.3, -0.25) is 4.79 Å². The minimum absolute atomic E-state index is 0.0334. The first-order valence-electron chi connectivity index (χ1n) is 8.39. The molecule has 2 N–H and O–H groups in total. The van der Waals surface area contributed by atoms with E-state index in [1.54, 1.807) is 0 Å². The van der Waals surface area contributed by atoms with Gasteiger partial charge in [0.05, 0.1) is 12.7 Å². The highest BCUT2D eigenvalue weighted by Crippen LogP contribution is 2.25. The Morgan fingerprint density at radius 1 is 1.35 bits per heavy atom. The molecule has 2 rings (SSSR count). The molecule has 1 saturated carbocycles. The summed E-state index contributed by atoms with van der Waals surface area (Å²) in [7, 11) is 0. The van der Waals surface area contributed by atoms with Crippen LogP contribution in [0.2, 0.25) is 0 Å². The summed E-state index contributed by atoms with van der Waals surface area (Å²) < 4.78 is 11.2. The van der Waals surface area contributed by atoms with Crippen molar-refractivity contribution in [2.75, 3.05) is 19.8 Å². The molecule has 0 saturated heterocycles. The summed E-state index contributed by atoms with van der Waals surface area (Å²) in [6.45, 7) is 2.95. The van der Waals surface area contributed by atoms with Crippen molar-refractivity contribution < 1.29 is 19.4 Å². The molecule has 0 radical (unpaired) electrons. The van der Waals surface area contributed by atoms with Crippen molar-refractivity contribution in [2.45, 2.75) is 45.3 Å². The van der Waals surface area contributed by atoms with E-state index in [4.69, 9.17) is 14.6 Å². The molecule has 1 fully saturated rings. The van der Waals surface area contributed by atoms with Crippen molar-refractivity contribution in [1.29, 1.82) is 0 Å². The quantitative estimate of drug-likeness (QED) is 0.771. The number of hydrogen-bond acceptors (Lipinski definition) is 4. The van der Waals surface area contributed by atoms with Gasteiger partial charge in [-0.2, -0.15) is 0 Å². The number of ether oxygens (including phenoxy) is 2. The molecule has 0 unspecified atom stereocenters. The average molecular weight is 321 g/mol. The van der Waals surface area contributed by atoms with Crippen LogP contribution in [-0.2, 0) is 16.1 Å². The first-order valence-corrected chi connectivity index (χ1v) is 8.39. The van der Waals surface area contributed by atoms with E-state index in [9.17, 15) is 4.79 Å². The van der Waals surface area contributed by atoms with Gasteiger partial charge in [0.15, 0.2) is 0 Å². The van der Waals surface area contributed by atoms with Crippen LogP contribution in [0.3, 0.4) is 0 Å². The minimum Gasteiger partial charge on any atom is -0.491 e. The first-order chi connectivity index (χ1) is 11.2. The molecule has 5 heteroatoms. The maximum absolute atomic E-state index is 11.9. The van der Waals surface area contributed by atoms with Gasteiger partial charge in [-0.05, 0) is 24.8 Å². The van der Waals surface area contributed by atoms with Crippen LogP contribution < -0.4 is 10.1 Å². The Balaban J connectivity index is 1.73. The molecule has 1 aliphatic carbocycles. The maximum Gasteiger partial charge on any atom is 0.246 e. The third-order valence-electron chi connectivity index (χ3n) is 4.14. The van der Waals surface area contributed by atoms with E-state index in [-0.39, 0.29) is 31.8 Å². The Hall–Kier alpha value is -1.59. The lowest BCUT2D eigenvalue weighted by atomic mass is 9.89. The predicted octanol–water partition coefficient (Wildman–Crippen LogP) is 2.27. The fraction of sp³-hybridized carbons (Fsp3) is 0.611. The zero-order chi connectivity index (χ0) is 16.5. The molecule has 1 aromatic rings. The van der Waals surface area contributed by atoms with E-state index in [0.717, 1.165) is 18.4 Å². The number of amides is 1. The molecule has 0 spiro atoms.